The van der Waals surface area contributed by atoms with E-state index in [0.717, 1.165) is 37.1 Å². The van der Waals surface area contributed by atoms with E-state index >= 15 is 0 Å². The second kappa shape index (κ2) is 8.56. The summed E-state index contributed by atoms with van der Waals surface area (Å²) >= 11 is 6.29. The molecule has 0 spiro atoms. The minimum absolute atomic E-state index is 0.329. The number of nitrogens with one attached hydrogen (secondary N) is 1. The van der Waals surface area contributed by atoms with Gasteiger partial charge in [0.15, 0.2) is 5.82 Å². The SMILES string of the molecule is COc1ccc(-n2nnnc2-c2cc(-c3cnn(C4CCNCC4)c3)cnc2N)cc1Cl. The Morgan fingerprint density at radius 2 is 2.00 bits per heavy atom. The maximum Gasteiger partial charge on any atom is 0.190 e. The zero-order valence-electron chi connectivity index (χ0n) is 17.4. The maximum atomic E-state index is 6.29. The Kier molecular flexibility index (Phi) is 5.46. The van der Waals surface area contributed by atoms with Crippen LogP contribution in [0.3, 0.4) is 0 Å². The van der Waals surface area contributed by atoms with Crippen LogP contribution in [0.15, 0.2) is 42.9 Å². The molecule has 0 amide bonds. The number of halogens is 1. The number of anilines is 1. The number of rotatable bonds is 5. The number of piperidine rings is 1. The molecule has 10 nitrogen and oxygen atoms in total. The molecule has 1 aromatic carbocycles. The highest BCUT2D eigenvalue weighted by Crippen LogP contribution is 2.32. The zero-order chi connectivity index (χ0) is 22.1. The molecule has 4 heterocycles. The molecule has 11 heteroatoms. The molecule has 0 aliphatic carbocycles. The molecular formula is C21H22ClN9O. The Bertz CT molecular complexity index is 1250. The smallest absolute Gasteiger partial charge is 0.190 e. The van der Waals surface area contributed by atoms with Gasteiger partial charge < -0.3 is 15.8 Å². The van der Waals surface area contributed by atoms with E-state index in [1.165, 1.54) is 0 Å². The van der Waals surface area contributed by atoms with Gasteiger partial charge in [-0.1, -0.05) is 11.6 Å². The summed E-state index contributed by atoms with van der Waals surface area (Å²) < 4.78 is 8.84. The van der Waals surface area contributed by atoms with E-state index in [1.807, 2.05) is 23.0 Å². The first kappa shape index (κ1) is 20.4. The Morgan fingerprint density at radius 3 is 2.78 bits per heavy atom. The highest BCUT2D eigenvalue weighted by molar-refractivity contribution is 6.32. The van der Waals surface area contributed by atoms with Gasteiger partial charge >= 0.3 is 0 Å². The van der Waals surface area contributed by atoms with Gasteiger partial charge in [0.05, 0.1) is 35.6 Å². The summed E-state index contributed by atoms with van der Waals surface area (Å²) in [6.07, 6.45) is 7.77. The second-order valence-corrected chi connectivity index (χ2v) is 7.99. The lowest BCUT2D eigenvalue weighted by Gasteiger charge is -2.22. The minimum atomic E-state index is 0.329. The molecule has 5 rings (SSSR count). The average molecular weight is 452 g/mol. The lowest BCUT2D eigenvalue weighted by Crippen LogP contribution is -2.29. The van der Waals surface area contributed by atoms with Gasteiger partial charge in [0.25, 0.3) is 0 Å². The van der Waals surface area contributed by atoms with Crippen LogP contribution in [0.25, 0.3) is 28.2 Å². The van der Waals surface area contributed by atoms with Crippen molar-refractivity contribution in [1.82, 2.24) is 40.3 Å². The van der Waals surface area contributed by atoms with Crippen LogP contribution in [0, 0.1) is 0 Å². The number of aromatic nitrogens is 7. The van der Waals surface area contributed by atoms with E-state index in [0.29, 0.717) is 39.7 Å². The number of methoxy groups -OCH3 is 1. The van der Waals surface area contributed by atoms with E-state index in [1.54, 1.807) is 30.1 Å². The first-order chi connectivity index (χ1) is 15.6. The van der Waals surface area contributed by atoms with E-state index in [2.05, 4.69) is 37.1 Å². The molecule has 32 heavy (non-hydrogen) atoms. The van der Waals surface area contributed by atoms with E-state index in [-0.39, 0.29) is 0 Å². The van der Waals surface area contributed by atoms with Crippen molar-refractivity contribution in [2.24, 2.45) is 0 Å². The normalized spacial score (nSPS) is 14.6. The molecule has 1 aliphatic heterocycles. The maximum absolute atomic E-state index is 6.29. The number of nitrogens with two attached hydrogens (primary N) is 1. The van der Waals surface area contributed by atoms with Gasteiger partial charge in [-0.3, -0.25) is 4.68 Å². The molecule has 0 atom stereocenters. The Morgan fingerprint density at radius 1 is 1.16 bits per heavy atom. The number of nitrogens with zero attached hydrogens (tertiary/aromatic N) is 7. The van der Waals surface area contributed by atoms with Crippen molar-refractivity contribution in [3.63, 3.8) is 0 Å². The van der Waals surface area contributed by atoms with Crippen molar-refractivity contribution in [3.8, 4) is 34.0 Å². The summed E-state index contributed by atoms with van der Waals surface area (Å²) in [6, 6.07) is 7.64. The van der Waals surface area contributed by atoms with Crippen molar-refractivity contribution >= 4 is 17.4 Å². The molecule has 1 aliphatic rings. The number of pyridine rings is 1. The van der Waals surface area contributed by atoms with Crippen LogP contribution in [-0.4, -0.2) is 55.2 Å². The number of benzene rings is 1. The monoisotopic (exact) mass is 451 g/mol. The van der Waals surface area contributed by atoms with E-state index in [4.69, 9.17) is 22.1 Å². The Labute approximate surface area is 189 Å². The third-order valence-corrected chi connectivity index (χ3v) is 5.92. The van der Waals surface area contributed by atoms with Gasteiger partial charge in [-0.2, -0.15) is 9.78 Å². The predicted octanol–water partition coefficient (Wildman–Crippen LogP) is 2.76. The van der Waals surface area contributed by atoms with Crippen molar-refractivity contribution in [3.05, 3.63) is 47.9 Å². The van der Waals surface area contributed by atoms with Crippen molar-refractivity contribution < 1.29 is 4.74 Å². The van der Waals surface area contributed by atoms with Gasteiger partial charge in [0.1, 0.15) is 11.6 Å². The van der Waals surface area contributed by atoms with Crippen molar-refractivity contribution in [2.45, 2.75) is 18.9 Å². The van der Waals surface area contributed by atoms with Gasteiger partial charge in [0.2, 0.25) is 0 Å². The summed E-state index contributed by atoms with van der Waals surface area (Å²) in [5.41, 5.74) is 9.36. The summed E-state index contributed by atoms with van der Waals surface area (Å²) in [7, 11) is 1.56. The van der Waals surface area contributed by atoms with Gasteiger partial charge in [-0.25, -0.2) is 4.98 Å². The molecular weight excluding hydrogens is 430 g/mol. The fourth-order valence-corrected chi connectivity index (χ4v) is 4.14. The number of nitrogen functional groups attached to an aromatic ring is 1. The first-order valence-corrected chi connectivity index (χ1v) is 10.7. The van der Waals surface area contributed by atoms with Crippen LogP contribution >= 0.6 is 11.6 Å². The molecule has 0 saturated carbocycles. The average Bonchev–Trinajstić information content (AvgIpc) is 3.50. The fourth-order valence-electron chi connectivity index (χ4n) is 3.89. The highest BCUT2D eigenvalue weighted by Gasteiger charge is 2.19. The zero-order valence-corrected chi connectivity index (χ0v) is 18.2. The summed E-state index contributed by atoms with van der Waals surface area (Å²) in [4.78, 5) is 4.39. The third kappa shape index (κ3) is 3.78. The molecule has 3 aromatic heterocycles. The first-order valence-electron chi connectivity index (χ1n) is 10.3. The molecule has 0 bridgehead atoms. The molecule has 0 unspecified atom stereocenters. The lowest BCUT2D eigenvalue weighted by molar-refractivity contribution is 0.343. The molecule has 0 radical (unpaired) electrons. The summed E-state index contributed by atoms with van der Waals surface area (Å²) in [6.45, 7) is 2.01. The standard InChI is InChI=1S/C21H22ClN9O/c1-32-19-3-2-16(9-18(19)22)31-21(27-28-29-31)17-8-13(10-25-20(17)23)14-11-26-30(12-14)15-4-6-24-7-5-15/h2-3,8-12,15,24H,4-7H2,1H3,(H2,23,25). The fraction of sp³-hybridized carbons (Fsp3) is 0.286. The number of hydrogen-bond donors (Lipinski definition) is 2. The van der Waals surface area contributed by atoms with Crippen LogP contribution in [0.5, 0.6) is 5.75 Å². The van der Waals surface area contributed by atoms with Gasteiger partial charge in [0, 0.05) is 23.5 Å². The Hall–Kier alpha value is -3.50. The summed E-state index contributed by atoms with van der Waals surface area (Å²) in [5.74, 6) is 1.36. The number of ether oxygens (including phenoxy) is 1. The topological polar surface area (TPSA) is 122 Å². The quantitative estimate of drug-likeness (QED) is 0.475. The van der Waals surface area contributed by atoms with Gasteiger partial charge in [-0.05, 0) is 60.6 Å². The minimum Gasteiger partial charge on any atom is -0.495 e. The van der Waals surface area contributed by atoms with E-state index < -0.39 is 0 Å². The van der Waals surface area contributed by atoms with Crippen molar-refractivity contribution in [2.75, 3.05) is 25.9 Å². The van der Waals surface area contributed by atoms with Gasteiger partial charge in [-0.15, -0.1) is 5.10 Å². The second-order valence-electron chi connectivity index (χ2n) is 7.58. The van der Waals surface area contributed by atoms with Crippen LogP contribution in [0.1, 0.15) is 18.9 Å². The predicted molar refractivity (Wildman–Crippen MR) is 121 cm³/mol. The van der Waals surface area contributed by atoms with Crippen LogP contribution in [0.4, 0.5) is 5.82 Å². The Balaban J connectivity index is 1.50. The van der Waals surface area contributed by atoms with Crippen molar-refractivity contribution in [1.29, 1.82) is 0 Å². The molecule has 164 valence electrons. The van der Waals surface area contributed by atoms with Crippen LogP contribution in [0.2, 0.25) is 5.02 Å². The highest BCUT2D eigenvalue weighted by atomic mass is 35.5. The largest absolute Gasteiger partial charge is 0.495 e. The number of tetrazole rings is 1. The lowest BCUT2D eigenvalue weighted by atomic mass is 10.1. The molecule has 3 N–H and O–H groups in total. The molecule has 1 saturated heterocycles. The summed E-state index contributed by atoms with van der Waals surface area (Å²) in [5, 5.41) is 20.6. The van der Waals surface area contributed by atoms with Crippen LogP contribution in [-0.2, 0) is 0 Å². The molecule has 4 aromatic rings. The number of hydrogen-bond acceptors (Lipinski definition) is 8. The third-order valence-electron chi connectivity index (χ3n) is 5.63. The molecule has 1 fully saturated rings. The van der Waals surface area contributed by atoms with Crippen LogP contribution < -0.4 is 15.8 Å². The van der Waals surface area contributed by atoms with E-state index in [9.17, 15) is 0 Å².